The fraction of sp³-hybridized carbons (Fsp3) is 0.0345. The zero-order valence-corrected chi connectivity index (χ0v) is 17.3. The third-order valence-electron chi connectivity index (χ3n) is 6.54. The summed E-state index contributed by atoms with van der Waals surface area (Å²) in [5, 5.41) is 0. The van der Waals surface area contributed by atoms with Crippen LogP contribution in [0.15, 0.2) is 97.1 Å². The Labute approximate surface area is 188 Å². The van der Waals surface area contributed by atoms with Crippen LogP contribution in [-0.2, 0) is 5.41 Å². The number of allylic oxidation sites excluding steroid dienone is 1. The van der Waals surface area contributed by atoms with Gasteiger partial charge in [-0.25, -0.2) is 8.78 Å². The minimum absolute atomic E-state index is 0.284. The van der Waals surface area contributed by atoms with Crippen molar-refractivity contribution >= 4 is 22.7 Å². The van der Waals surface area contributed by atoms with Gasteiger partial charge in [-0.05, 0) is 45.5 Å². The van der Waals surface area contributed by atoms with Crippen molar-refractivity contribution in [2.24, 2.45) is 0 Å². The van der Waals surface area contributed by atoms with Crippen LogP contribution in [-0.4, -0.2) is 11.6 Å². The van der Waals surface area contributed by atoms with Crippen molar-refractivity contribution < 1.29 is 18.4 Å². The number of halogens is 2. The summed E-state index contributed by atoms with van der Waals surface area (Å²) >= 11 is 0. The maximum atomic E-state index is 14.3. The molecule has 0 saturated carbocycles. The van der Waals surface area contributed by atoms with Crippen LogP contribution in [0.3, 0.4) is 0 Å². The van der Waals surface area contributed by atoms with E-state index in [4.69, 9.17) is 0 Å². The van der Waals surface area contributed by atoms with Crippen LogP contribution in [0.2, 0.25) is 0 Å². The predicted molar refractivity (Wildman–Crippen MR) is 122 cm³/mol. The second-order valence-corrected chi connectivity index (χ2v) is 8.27. The maximum Gasteiger partial charge on any atom is 0.186 e. The first-order chi connectivity index (χ1) is 16.0. The number of ketones is 2. The van der Waals surface area contributed by atoms with Crippen molar-refractivity contribution in [3.63, 3.8) is 0 Å². The van der Waals surface area contributed by atoms with Crippen LogP contribution in [0.4, 0.5) is 8.78 Å². The van der Waals surface area contributed by atoms with Gasteiger partial charge in [0.25, 0.3) is 0 Å². The van der Waals surface area contributed by atoms with E-state index in [1.54, 1.807) is 48.5 Å². The molecule has 2 aliphatic rings. The Morgan fingerprint density at radius 2 is 1.06 bits per heavy atom. The van der Waals surface area contributed by atoms with E-state index in [2.05, 4.69) is 0 Å². The molecule has 0 unspecified atom stereocenters. The van der Waals surface area contributed by atoms with Crippen molar-refractivity contribution in [2.75, 3.05) is 0 Å². The fourth-order valence-electron chi connectivity index (χ4n) is 5.31. The molecule has 0 saturated heterocycles. The first kappa shape index (κ1) is 19.5. The van der Waals surface area contributed by atoms with Gasteiger partial charge in [-0.3, -0.25) is 9.59 Å². The van der Waals surface area contributed by atoms with Crippen LogP contribution in [0.25, 0.3) is 11.1 Å². The van der Waals surface area contributed by atoms with Crippen LogP contribution in [0, 0.1) is 11.6 Å². The Bertz CT molecular complexity index is 1460. The number of benzene rings is 4. The number of fused-ring (bicyclic) bond motifs is 3. The van der Waals surface area contributed by atoms with Crippen molar-refractivity contribution in [2.45, 2.75) is 5.41 Å². The van der Waals surface area contributed by atoms with Crippen molar-refractivity contribution in [3.8, 4) is 0 Å². The van der Waals surface area contributed by atoms with Gasteiger partial charge in [-0.15, -0.1) is 0 Å². The minimum atomic E-state index is -1.61. The van der Waals surface area contributed by atoms with E-state index in [0.29, 0.717) is 39.0 Å². The summed E-state index contributed by atoms with van der Waals surface area (Å²) in [6.07, 6.45) is 0. The van der Waals surface area contributed by atoms with Gasteiger partial charge >= 0.3 is 0 Å². The molecule has 4 aromatic carbocycles. The van der Waals surface area contributed by atoms with Gasteiger partial charge in [-0.2, -0.15) is 0 Å². The molecule has 0 aromatic heterocycles. The summed E-state index contributed by atoms with van der Waals surface area (Å²) in [6.45, 7) is 0. The third kappa shape index (κ3) is 2.52. The highest BCUT2D eigenvalue weighted by Gasteiger charge is 2.61. The summed E-state index contributed by atoms with van der Waals surface area (Å²) in [5.41, 5.74) is 2.15. The molecule has 0 fully saturated rings. The molecule has 4 heteroatoms. The minimum Gasteiger partial charge on any atom is -0.292 e. The molecule has 1 spiro atoms. The van der Waals surface area contributed by atoms with Gasteiger partial charge in [0.1, 0.15) is 17.0 Å². The third-order valence-corrected chi connectivity index (χ3v) is 6.54. The molecule has 4 aromatic rings. The van der Waals surface area contributed by atoms with Gasteiger partial charge in [0.2, 0.25) is 0 Å². The Balaban J connectivity index is 1.80. The SMILES string of the molecule is O=C1c2ccccc2C(=O)C12C(c1ccccc1)=C(c1cc(F)cc(F)c1)c1ccccc12. The van der Waals surface area contributed by atoms with Crippen molar-refractivity contribution in [1.29, 1.82) is 0 Å². The number of rotatable bonds is 2. The molecule has 0 atom stereocenters. The van der Waals surface area contributed by atoms with Crippen LogP contribution < -0.4 is 0 Å². The first-order valence-electron chi connectivity index (χ1n) is 10.6. The average Bonchev–Trinajstić information content (AvgIpc) is 3.26. The molecule has 2 nitrogen and oxygen atoms in total. The lowest BCUT2D eigenvalue weighted by Crippen LogP contribution is -2.38. The average molecular weight is 434 g/mol. The largest absolute Gasteiger partial charge is 0.292 e. The van der Waals surface area contributed by atoms with E-state index in [-0.39, 0.29) is 17.1 Å². The second-order valence-electron chi connectivity index (χ2n) is 8.27. The number of carbonyl (C=O) groups is 2. The van der Waals surface area contributed by atoms with Crippen molar-refractivity contribution in [3.05, 3.63) is 142 Å². The van der Waals surface area contributed by atoms with Gasteiger partial charge in [0, 0.05) is 17.2 Å². The first-order valence-corrected chi connectivity index (χ1v) is 10.6. The maximum absolute atomic E-state index is 14.3. The lowest BCUT2D eigenvalue weighted by atomic mass is 9.70. The van der Waals surface area contributed by atoms with E-state index in [0.717, 1.165) is 6.07 Å². The fourth-order valence-corrected chi connectivity index (χ4v) is 5.31. The van der Waals surface area contributed by atoms with E-state index < -0.39 is 17.0 Å². The lowest BCUT2D eigenvalue weighted by Gasteiger charge is -2.26. The number of carbonyl (C=O) groups excluding carboxylic acids is 2. The highest BCUT2D eigenvalue weighted by molar-refractivity contribution is 6.43. The molecule has 6 rings (SSSR count). The molecule has 0 aliphatic heterocycles. The number of Topliss-reactive ketones (excluding diaryl/α,β-unsaturated/α-hetero) is 2. The Kier molecular flexibility index (Phi) is 4.08. The molecule has 0 bridgehead atoms. The zero-order chi connectivity index (χ0) is 22.7. The summed E-state index contributed by atoms with van der Waals surface area (Å²) in [4.78, 5) is 28.2. The van der Waals surface area contributed by atoms with Gasteiger partial charge in [0.05, 0.1) is 0 Å². The zero-order valence-electron chi connectivity index (χ0n) is 17.3. The summed E-state index contributed by atoms with van der Waals surface area (Å²) in [6, 6.07) is 26.4. The number of hydrogen-bond donors (Lipinski definition) is 0. The number of hydrogen-bond acceptors (Lipinski definition) is 2. The topological polar surface area (TPSA) is 34.1 Å². The Morgan fingerprint density at radius 3 is 1.67 bits per heavy atom. The van der Waals surface area contributed by atoms with Crippen LogP contribution in [0.1, 0.15) is 43.0 Å². The summed E-state index contributed by atoms with van der Waals surface area (Å²) in [7, 11) is 0. The standard InChI is InChI=1S/C29H16F2O2/c30-19-14-18(15-20(31)16-19)25-23-12-6-7-13-24(23)29(26(25)17-8-2-1-3-9-17)27(32)21-10-4-5-11-22(21)28(29)33/h1-16H. The van der Waals surface area contributed by atoms with E-state index in [1.165, 1.54) is 12.1 Å². The molecule has 0 radical (unpaired) electrons. The van der Waals surface area contributed by atoms with Gasteiger partial charge in [-0.1, -0.05) is 78.9 Å². The molecular weight excluding hydrogens is 418 g/mol. The Morgan fingerprint density at radius 1 is 0.545 bits per heavy atom. The monoisotopic (exact) mass is 434 g/mol. The molecule has 158 valence electrons. The highest BCUT2D eigenvalue weighted by atomic mass is 19.1. The highest BCUT2D eigenvalue weighted by Crippen LogP contribution is 2.58. The normalized spacial score (nSPS) is 15.8. The van der Waals surface area contributed by atoms with Crippen LogP contribution >= 0.6 is 0 Å². The molecule has 2 aliphatic carbocycles. The van der Waals surface area contributed by atoms with E-state index in [9.17, 15) is 18.4 Å². The summed E-state index contributed by atoms with van der Waals surface area (Å²) in [5.74, 6) is -2.09. The van der Waals surface area contributed by atoms with Gasteiger partial charge in [0.15, 0.2) is 11.6 Å². The molecule has 0 amide bonds. The lowest BCUT2D eigenvalue weighted by molar-refractivity contribution is 0.0845. The van der Waals surface area contributed by atoms with Crippen LogP contribution in [0.5, 0.6) is 0 Å². The summed E-state index contributed by atoms with van der Waals surface area (Å²) < 4.78 is 28.7. The molecular formula is C29H16F2O2. The van der Waals surface area contributed by atoms with E-state index in [1.807, 2.05) is 30.3 Å². The second kappa shape index (κ2) is 6.91. The van der Waals surface area contributed by atoms with Gasteiger partial charge < -0.3 is 0 Å². The molecule has 0 N–H and O–H groups in total. The Hall–Kier alpha value is -4.18. The molecule has 0 heterocycles. The smallest absolute Gasteiger partial charge is 0.186 e. The quantitative estimate of drug-likeness (QED) is 0.349. The van der Waals surface area contributed by atoms with E-state index >= 15 is 0 Å². The predicted octanol–water partition coefficient (Wildman–Crippen LogP) is 6.25. The van der Waals surface area contributed by atoms with Crippen molar-refractivity contribution in [1.82, 2.24) is 0 Å². The molecule has 33 heavy (non-hydrogen) atoms.